The number of aliphatic hydroxyl groups excluding tert-OH is 1. The Labute approximate surface area is 174 Å². The molecule has 19 heteroatoms. The smallest absolute Gasteiger partial charge is 0.390 e. The summed E-state index contributed by atoms with van der Waals surface area (Å²) in [6.45, 7) is 0.849. The quantitative estimate of drug-likeness (QED) is 0.259. The molecule has 1 aliphatic heterocycles. The fraction of sp³-hybridized carbons (Fsp3) is 0.500. The molecule has 0 aliphatic carbocycles. The highest BCUT2D eigenvalue weighted by molar-refractivity contribution is 7.66. The molecule has 5 atom stereocenters. The Kier molecular flexibility index (Phi) is 6.51. The maximum absolute atomic E-state index is 11.9. The summed E-state index contributed by atoms with van der Waals surface area (Å²) < 4.78 is 52.9. The average molecular weight is 504 g/mol. The van der Waals surface area contributed by atoms with Crippen LogP contribution in [0.5, 0.6) is 0 Å². The number of nitrogen functional groups attached to an aromatic ring is 1. The van der Waals surface area contributed by atoms with Gasteiger partial charge in [-0.25, -0.2) is 23.2 Å². The van der Waals surface area contributed by atoms with Gasteiger partial charge in [0.1, 0.15) is 23.5 Å². The molecular formula is C12H19N4O12P3. The minimum atomic E-state index is -5.64. The van der Waals surface area contributed by atoms with Crippen LogP contribution in [-0.2, 0) is 37.2 Å². The van der Waals surface area contributed by atoms with E-state index in [4.69, 9.17) is 25.2 Å². The number of aliphatic hydroxyl groups is 1. The van der Waals surface area contributed by atoms with Crippen molar-refractivity contribution < 1.29 is 56.3 Å². The molecule has 174 valence electrons. The van der Waals surface area contributed by atoms with E-state index in [1.54, 1.807) is 19.1 Å². The van der Waals surface area contributed by atoms with Gasteiger partial charge in [0.25, 0.3) is 0 Å². The van der Waals surface area contributed by atoms with Gasteiger partial charge < -0.3 is 35.2 Å². The molecule has 2 aromatic rings. The lowest BCUT2D eigenvalue weighted by Gasteiger charge is -2.24. The molecule has 31 heavy (non-hydrogen) atoms. The van der Waals surface area contributed by atoms with Gasteiger partial charge >= 0.3 is 23.5 Å². The summed E-state index contributed by atoms with van der Waals surface area (Å²) in [5.74, 6) is 0.215. The van der Waals surface area contributed by atoms with Crippen molar-refractivity contribution in [2.24, 2.45) is 0 Å². The Hall–Kier alpha value is -1.25. The fourth-order valence-corrected chi connectivity index (χ4v) is 6.16. The number of phosphoric ester groups is 1. The number of hydrogen-bond donors (Lipinski definition) is 6. The standard InChI is InChI=1S/C12H19N4O12P3/c1-12(10-3-2-7-11(13)14-6-15-16(7)10)4-8(17)9(26-12)5-25-30(21,22)28-31(23,24)27-29(18,19)20/h2-3,6,8-9,17H,4-5H2,1H3,(H,21,22)(H,23,24)(H2,13,14,15)(H2,18,19,20)/t8-,9+,12+/m0/s1. The summed E-state index contributed by atoms with van der Waals surface area (Å²) >= 11 is 0. The topological polar surface area (TPSA) is 245 Å². The molecule has 1 aliphatic rings. The average Bonchev–Trinajstić information content (AvgIpc) is 3.12. The van der Waals surface area contributed by atoms with Crippen LogP contribution in [0.1, 0.15) is 19.0 Å². The predicted molar refractivity (Wildman–Crippen MR) is 100 cm³/mol. The van der Waals surface area contributed by atoms with Crippen molar-refractivity contribution in [2.75, 3.05) is 12.3 Å². The molecule has 1 saturated heterocycles. The van der Waals surface area contributed by atoms with Crippen molar-refractivity contribution in [3.63, 3.8) is 0 Å². The number of fused-ring (bicyclic) bond motifs is 1. The lowest BCUT2D eigenvalue weighted by atomic mass is 9.97. The van der Waals surface area contributed by atoms with Crippen molar-refractivity contribution >= 4 is 34.8 Å². The number of hydrogen-bond acceptors (Lipinski definition) is 11. The van der Waals surface area contributed by atoms with Gasteiger partial charge in [-0.1, -0.05) is 0 Å². The number of nitrogens with two attached hydrogens (primary N) is 1. The minimum Gasteiger partial charge on any atom is -0.390 e. The second-order valence-electron chi connectivity index (χ2n) is 6.71. The molecule has 0 aromatic carbocycles. The molecule has 2 aromatic heterocycles. The third kappa shape index (κ3) is 5.76. The summed E-state index contributed by atoms with van der Waals surface area (Å²) in [4.78, 5) is 39.6. The van der Waals surface area contributed by atoms with Crippen LogP contribution < -0.4 is 5.73 Å². The third-order valence-corrected chi connectivity index (χ3v) is 8.08. The first-order valence-corrected chi connectivity index (χ1v) is 12.9. The Balaban J connectivity index is 1.70. The van der Waals surface area contributed by atoms with E-state index < -0.39 is 47.9 Å². The third-order valence-electron chi connectivity index (χ3n) is 4.28. The minimum absolute atomic E-state index is 0.0213. The molecule has 0 amide bonds. The van der Waals surface area contributed by atoms with E-state index in [1.165, 1.54) is 10.8 Å². The van der Waals surface area contributed by atoms with Crippen LogP contribution in [0.2, 0.25) is 0 Å². The highest BCUT2D eigenvalue weighted by Crippen LogP contribution is 2.66. The maximum Gasteiger partial charge on any atom is 0.490 e. The van der Waals surface area contributed by atoms with Crippen molar-refractivity contribution in [2.45, 2.75) is 31.2 Å². The number of rotatable bonds is 8. The summed E-state index contributed by atoms with van der Waals surface area (Å²) in [5, 5.41) is 14.4. The second kappa shape index (κ2) is 8.27. The Morgan fingerprint density at radius 2 is 1.90 bits per heavy atom. The zero-order valence-corrected chi connectivity index (χ0v) is 18.3. The molecule has 3 heterocycles. The van der Waals surface area contributed by atoms with Crippen LogP contribution >= 0.6 is 23.5 Å². The number of nitrogens with zero attached hydrogens (tertiary/aromatic N) is 3. The summed E-state index contributed by atoms with van der Waals surface area (Å²) in [5.41, 5.74) is 5.66. The first kappa shape index (κ1) is 24.4. The van der Waals surface area contributed by atoms with Gasteiger partial charge in [-0.15, -0.1) is 0 Å². The second-order valence-corrected chi connectivity index (χ2v) is 11.1. The molecule has 16 nitrogen and oxygen atoms in total. The Bertz CT molecular complexity index is 1120. The van der Waals surface area contributed by atoms with Crippen molar-refractivity contribution in [3.05, 3.63) is 24.2 Å². The number of aromatic nitrogens is 3. The van der Waals surface area contributed by atoms with E-state index in [0.29, 0.717) is 11.2 Å². The van der Waals surface area contributed by atoms with Gasteiger partial charge in [-0.3, -0.25) is 4.52 Å². The fourth-order valence-electron chi connectivity index (χ4n) is 3.13. The van der Waals surface area contributed by atoms with Gasteiger partial charge in [0.2, 0.25) is 0 Å². The predicted octanol–water partition coefficient (Wildman–Crippen LogP) is 0.0198. The van der Waals surface area contributed by atoms with E-state index in [1.807, 2.05) is 0 Å². The zero-order valence-electron chi connectivity index (χ0n) is 15.7. The first-order valence-electron chi connectivity index (χ1n) is 8.34. The number of ether oxygens (including phenoxy) is 1. The summed E-state index contributed by atoms with van der Waals surface area (Å²) in [6, 6.07) is 3.29. The summed E-state index contributed by atoms with van der Waals surface area (Å²) in [6.07, 6.45) is -1.12. The largest absolute Gasteiger partial charge is 0.490 e. The normalized spacial score (nSPS) is 28.5. The van der Waals surface area contributed by atoms with Crippen molar-refractivity contribution in [1.82, 2.24) is 14.6 Å². The van der Waals surface area contributed by atoms with Gasteiger partial charge in [-0.2, -0.15) is 13.7 Å². The van der Waals surface area contributed by atoms with Gasteiger partial charge in [0, 0.05) is 6.42 Å². The lowest BCUT2D eigenvalue weighted by Crippen LogP contribution is -2.28. The number of anilines is 1. The van der Waals surface area contributed by atoms with Crippen LogP contribution in [-0.4, -0.2) is 58.1 Å². The molecule has 0 saturated carbocycles. The van der Waals surface area contributed by atoms with Gasteiger partial charge in [0.05, 0.1) is 18.4 Å². The first-order chi connectivity index (χ1) is 14.1. The van der Waals surface area contributed by atoms with E-state index in [9.17, 15) is 23.7 Å². The van der Waals surface area contributed by atoms with E-state index in [0.717, 1.165) is 0 Å². The molecule has 0 spiro atoms. The molecule has 3 rings (SSSR count). The van der Waals surface area contributed by atoms with Crippen LogP contribution in [0.25, 0.3) is 5.52 Å². The lowest BCUT2D eigenvalue weighted by molar-refractivity contribution is -0.0683. The van der Waals surface area contributed by atoms with E-state index in [-0.39, 0.29) is 12.2 Å². The molecule has 2 unspecified atom stereocenters. The van der Waals surface area contributed by atoms with E-state index in [2.05, 4.69) is 23.2 Å². The highest BCUT2D eigenvalue weighted by atomic mass is 31.3. The maximum atomic E-state index is 11.9. The number of phosphoric acid groups is 3. The SMILES string of the molecule is C[C@]1(c2ccc3c(N)ncnn23)C[C@H](O)[C@@H](COP(=O)(O)OP(=O)(O)OP(=O)(O)O)O1. The van der Waals surface area contributed by atoms with Crippen LogP contribution in [0.4, 0.5) is 5.82 Å². The molecule has 1 fully saturated rings. The summed E-state index contributed by atoms with van der Waals surface area (Å²) in [7, 11) is -16.5. The molecule has 0 bridgehead atoms. The monoisotopic (exact) mass is 504 g/mol. The van der Waals surface area contributed by atoms with Gasteiger partial charge in [-0.05, 0) is 19.1 Å². The van der Waals surface area contributed by atoms with E-state index >= 15 is 0 Å². The van der Waals surface area contributed by atoms with Crippen molar-refractivity contribution in [1.29, 1.82) is 0 Å². The zero-order chi connectivity index (χ0) is 23.2. The highest BCUT2D eigenvalue weighted by Gasteiger charge is 2.47. The Morgan fingerprint density at radius 1 is 1.23 bits per heavy atom. The van der Waals surface area contributed by atoms with Crippen molar-refractivity contribution in [3.8, 4) is 0 Å². The van der Waals surface area contributed by atoms with Crippen LogP contribution in [0.15, 0.2) is 18.5 Å². The molecular weight excluding hydrogens is 485 g/mol. The van der Waals surface area contributed by atoms with Crippen LogP contribution in [0, 0.1) is 0 Å². The van der Waals surface area contributed by atoms with Crippen LogP contribution in [0.3, 0.4) is 0 Å². The Morgan fingerprint density at radius 3 is 2.55 bits per heavy atom. The molecule has 0 radical (unpaired) electrons. The molecule has 7 N–H and O–H groups in total. The van der Waals surface area contributed by atoms with Gasteiger partial charge in [0.15, 0.2) is 5.82 Å².